The Hall–Kier alpha value is -1.12. The number of pyridine rings is 1. The van der Waals surface area contributed by atoms with Gasteiger partial charge >= 0.3 is 0 Å². The lowest BCUT2D eigenvalue weighted by Crippen LogP contribution is -2.05. The number of aryl methyl sites for hydroxylation is 2. The average molecular weight is 180 g/mol. The molecule has 13 heavy (non-hydrogen) atoms. The molecule has 1 N–H and O–H groups in total. The summed E-state index contributed by atoms with van der Waals surface area (Å²) in [4.78, 5) is 4.41. The summed E-state index contributed by atoms with van der Waals surface area (Å²) in [7, 11) is 0. The molecule has 0 aromatic carbocycles. The monoisotopic (exact) mass is 180 g/mol. The van der Waals surface area contributed by atoms with E-state index in [1.54, 1.807) is 0 Å². The van der Waals surface area contributed by atoms with E-state index in [1.165, 1.54) is 17.7 Å². The van der Waals surface area contributed by atoms with Gasteiger partial charge in [-0.15, -0.1) is 0 Å². The van der Waals surface area contributed by atoms with Crippen LogP contribution in [-0.4, -0.2) is 18.2 Å². The highest BCUT2D eigenvalue weighted by Gasteiger charge is 2.11. The van der Waals surface area contributed by atoms with Crippen molar-refractivity contribution in [1.82, 2.24) is 4.98 Å². The van der Waals surface area contributed by atoms with Gasteiger partial charge in [0.1, 0.15) is 12.5 Å². The van der Waals surface area contributed by atoms with Crippen LogP contribution in [0.15, 0.2) is 12.1 Å². The summed E-state index contributed by atoms with van der Waals surface area (Å²) in [6, 6.07) is 4.02. The lowest BCUT2D eigenvalue weighted by atomic mass is 10.2. The number of nitrogens with zero attached hydrogens (tertiary/aromatic N) is 1. The molecule has 0 radical (unpaired) electrons. The summed E-state index contributed by atoms with van der Waals surface area (Å²) in [5.41, 5.74) is 2.54. The Bertz CT molecular complexity index is 299. The van der Waals surface area contributed by atoms with Crippen molar-refractivity contribution in [2.24, 2.45) is 0 Å². The van der Waals surface area contributed by atoms with E-state index < -0.39 is 0 Å². The third kappa shape index (κ3) is 1.79. The number of hydrogen-bond acceptors (Lipinski definition) is 2. The van der Waals surface area contributed by atoms with Gasteiger partial charge in [0.2, 0.25) is 0 Å². The predicted octanol–water partition coefficient (Wildman–Crippen LogP) is 1.95. The molecule has 3 heteroatoms. The van der Waals surface area contributed by atoms with Crippen LogP contribution < -0.4 is 5.32 Å². The molecule has 1 heterocycles. The number of aromatic nitrogens is 1. The Kier molecular flexibility index (Phi) is 2.43. The lowest BCUT2D eigenvalue weighted by molar-refractivity contribution is 0.512. The molecule has 0 aliphatic heterocycles. The van der Waals surface area contributed by atoms with Crippen LogP contribution in [-0.2, 0) is 12.8 Å². The van der Waals surface area contributed by atoms with E-state index in [4.69, 9.17) is 0 Å². The molecule has 0 amide bonds. The largest absolute Gasteiger partial charge is 0.367 e. The van der Waals surface area contributed by atoms with Crippen LogP contribution in [0.25, 0.3) is 0 Å². The first-order valence-electron chi connectivity index (χ1n) is 4.69. The SMILES string of the molecule is FCCNc1ccc2c(n1)CCC2. The summed E-state index contributed by atoms with van der Waals surface area (Å²) in [5.74, 6) is 0.804. The normalized spacial score (nSPS) is 14.2. The van der Waals surface area contributed by atoms with Gasteiger partial charge in [0, 0.05) is 12.2 Å². The first-order valence-corrected chi connectivity index (χ1v) is 4.69. The maximum atomic E-state index is 11.9. The second-order valence-electron chi connectivity index (χ2n) is 3.27. The third-order valence-corrected chi connectivity index (χ3v) is 2.33. The van der Waals surface area contributed by atoms with Crippen molar-refractivity contribution in [2.45, 2.75) is 19.3 Å². The number of hydrogen-bond donors (Lipinski definition) is 1. The second-order valence-corrected chi connectivity index (χ2v) is 3.27. The van der Waals surface area contributed by atoms with E-state index in [1.807, 2.05) is 6.07 Å². The number of nitrogens with one attached hydrogen (secondary N) is 1. The average Bonchev–Trinajstić information content (AvgIpc) is 2.61. The van der Waals surface area contributed by atoms with E-state index in [9.17, 15) is 4.39 Å². The molecule has 1 aromatic rings. The van der Waals surface area contributed by atoms with Crippen molar-refractivity contribution in [3.63, 3.8) is 0 Å². The summed E-state index contributed by atoms with van der Waals surface area (Å²) in [6.45, 7) is 0.00452. The van der Waals surface area contributed by atoms with Crippen LogP contribution in [0.1, 0.15) is 17.7 Å². The molecule has 2 nitrogen and oxygen atoms in total. The fraction of sp³-hybridized carbons (Fsp3) is 0.500. The molecule has 0 saturated carbocycles. The molecule has 1 aliphatic carbocycles. The molecule has 0 atom stereocenters. The number of fused-ring (bicyclic) bond motifs is 1. The number of anilines is 1. The molecule has 1 aromatic heterocycles. The van der Waals surface area contributed by atoms with Crippen LogP contribution in [0.5, 0.6) is 0 Å². The van der Waals surface area contributed by atoms with Crippen LogP contribution in [0, 0.1) is 0 Å². The minimum absolute atomic E-state index is 0.348. The molecule has 1 aliphatic rings. The van der Waals surface area contributed by atoms with E-state index in [0.29, 0.717) is 6.54 Å². The Morgan fingerprint density at radius 2 is 2.31 bits per heavy atom. The number of alkyl halides is 1. The highest BCUT2D eigenvalue weighted by molar-refractivity contribution is 5.40. The molecule has 70 valence electrons. The molecule has 0 fully saturated rings. The van der Waals surface area contributed by atoms with Crippen molar-refractivity contribution < 1.29 is 4.39 Å². The summed E-state index contributed by atoms with van der Waals surface area (Å²) in [6.07, 6.45) is 3.42. The van der Waals surface area contributed by atoms with Crippen molar-refractivity contribution in [3.8, 4) is 0 Å². The predicted molar refractivity (Wildman–Crippen MR) is 50.7 cm³/mol. The van der Waals surface area contributed by atoms with Gasteiger partial charge in [-0.25, -0.2) is 9.37 Å². The standard InChI is InChI=1S/C10H13FN2/c11-6-7-12-10-5-4-8-2-1-3-9(8)13-10/h4-5H,1-3,6-7H2,(H,12,13). The number of rotatable bonds is 3. The highest BCUT2D eigenvalue weighted by atomic mass is 19.1. The zero-order chi connectivity index (χ0) is 9.10. The van der Waals surface area contributed by atoms with Crippen LogP contribution in [0.3, 0.4) is 0 Å². The quantitative estimate of drug-likeness (QED) is 0.769. The van der Waals surface area contributed by atoms with Gasteiger partial charge in [-0.05, 0) is 30.9 Å². The van der Waals surface area contributed by atoms with Gasteiger partial charge < -0.3 is 5.32 Å². The third-order valence-electron chi connectivity index (χ3n) is 2.33. The van der Waals surface area contributed by atoms with E-state index in [0.717, 1.165) is 18.7 Å². The van der Waals surface area contributed by atoms with Gasteiger partial charge in [0.05, 0.1) is 0 Å². The Morgan fingerprint density at radius 1 is 1.38 bits per heavy atom. The van der Waals surface area contributed by atoms with E-state index in [-0.39, 0.29) is 6.67 Å². The maximum Gasteiger partial charge on any atom is 0.126 e. The van der Waals surface area contributed by atoms with Crippen molar-refractivity contribution in [2.75, 3.05) is 18.5 Å². The Balaban J connectivity index is 2.12. The second kappa shape index (κ2) is 3.73. The molecule has 0 bridgehead atoms. The van der Waals surface area contributed by atoms with Crippen molar-refractivity contribution in [1.29, 1.82) is 0 Å². The molecular weight excluding hydrogens is 167 g/mol. The number of halogens is 1. The van der Waals surface area contributed by atoms with Gasteiger partial charge in [0.25, 0.3) is 0 Å². The summed E-state index contributed by atoms with van der Waals surface area (Å²) < 4.78 is 11.9. The highest BCUT2D eigenvalue weighted by Crippen LogP contribution is 2.21. The van der Waals surface area contributed by atoms with Crippen LogP contribution in [0.4, 0.5) is 10.2 Å². The van der Waals surface area contributed by atoms with Crippen LogP contribution >= 0.6 is 0 Å². The fourth-order valence-electron chi connectivity index (χ4n) is 1.69. The molecule has 0 unspecified atom stereocenters. The molecule has 2 rings (SSSR count). The van der Waals surface area contributed by atoms with Crippen molar-refractivity contribution >= 4 is 5.82 Å². The van der Waals surface area contributed by atoms with Gasteiger partial charge in [-0.3, -0.25) is 0 Å². The first-order chi connectivity index (χ1) is 6.40. The van der Waals surface area contributed by atoms with E-state index >= 15 is 0 Å². The molecule has 0 spiro atoms. The Morgan fingerprint density at radius 3 is 3.15 bits per heavy atom. The topological polar surface area (TPSA) is 24.9 Å². The summed E-state index contributed by atoms with van der Waals surface area (Å²) in [5, 5.41) is 2.94. The maximum absolute atomic E-state index is 11.9. The van der Waals surface area contributed by atoms with Gasteiger partial charge in [-0.1, -0.05) is 6.07 Å². The molecular formula is C10H13FN2. The minimum Gasteiger partial charge on any atom is -0.367 e. The zero-order valence-corrected chi connectivity index (χ0v) is 7.52. The van der Waals surface area contributed by atoms with E-state index in [2.05, 4.69) is 16.4 Å². The smallest absolute Gasteiger partial charge is 0.126 e. The minimum atomic E-state index is -0.348. The Labute approximate surface area is 77.2 Å². The zero-order valence-electron chi connectivity index (χ0n) is 7.52. The fourth-order valence-corrected chi connectivity index (χ4v) is 1.69. The van der Waals surface area contributed by atoms with Gasteiger partial charge in [0.15, 0.2) is 0 Å². The van der Waals surface area contributed by atoms with Crippen molar-refractivity contribution in [3.05, 3.63) is 23.4 Å². The van der Waals surface area contributed by atoms with Crippen LogP contribution in [0.2, 0.25) is 0 Å². The van der Waals surface area contributed by atoms with Gasteiger partial charge in [-0.2, -0.15) is 0 Å². The lowest BCUT2D eigenvalue weighted by Gasteiger charge is -2.04. The summed E-state index contributed by atoms with van der Waals surface area (Å²) >= 11 is 0. The molecule has 0 saturated heterocycles. The first kappa shape index (κ1) is 8.48.